The van der Waals surface area contributed by atoms with E-state index in [2.05, 4.69) is 40.2 Å². The van der Waals surface area contributed by atoms with E-state index in [0.29, 0.717) is 6.10 Å². The smallest absolute Gasteiger partial charge is 0.122 e. The van der Waals surface area contributed by atoms with Crippen molar-refractivity contribution in [3.63, 3.8) is 0 Å². The molecule has 0 aliphatic carbocycles. The Labute approximate surface area is 113 Å². The van der Waals surface area contributed by atoms with Crippen molar-refractivity contribution in [3.8, 4) is 5.75 Å². The average Bonchev–Trinajstić information content (AvgIpc) is 2.88. The third kappa shape index (κ3) is 3.32. The second-order valence-corrected chi connectivity index (χ2v) is 4.93. The number of likely N-dealkylation sites (tertiary alicyclic amines) is 1. The van der Waals surface area contributed by atoms with E-state index in [-0.39, 0.29) is 0 Å². The van der Waals surface area contributed by atoms with Crippen LogP contribution in [0.4, 0.5) is 0 Å². The van der Waals surface area contributed by atoms with Crippen LogP contribution in [0.15, 0.2) is 54.9 Å². The monoisotopic (exact) mass is 254 g/mol. The van der Waals surface area contributed by atoms with Crippen LogP contribution >= 0.6 is 0 Å². The second kappa shape index (κ2) is 5.85. The summed E-state index contributed by atoms with van der Waals surface area (Å²) in [5, 5.41) is 0. The molecule has 1 fully saturated rings. The number of benzene rings is 1. The first kappa shape index (κ1) is 12.2. The number of ether oxygens (including phenoxy) is 1. The molecule has 1 saturated heterocycles. The first-order valence-electron chi connectivity index (χ1n) is 6.73. The van der Waals surface area contributed by atoms with Gasteiger partial charge in [-0.05, 0) is 24.1 Å². The van der Waals surface area contributed by atoms with Crippen molar-refractivity contribution in [1.29, 1.82) is 0 Å². The fraction of sp³-hybridized carbons (Fsp3) is 0.312. The lowest BCUT2D eigenvalue weighted by atomic mass is 10.2. The van der Waals surface area contributed by atoms with E-state index in [1.165, 1.54) is 5.56 Å². The van der Waals surface area contributed by atoms with E-state index in [4.69, 9.17) is 4.74 Å². The van der Waals surface area contributed by atoms with Gasteiger partial charge in [0.1, 0.15) is 11.9 Å². The van der Waals surface area contributed by atoms with E-state index in [1.807, 2.05) is 12.1 Å². The molecule has 3 nitrogen and oxygen atoms in total. The molecule has 3 heteroatoms. The summed E-state index contributed by atoms with van der Waals surface area (Å²) in [5.41, 5.74) is 1.37. The molecule has 2 heterocycles. The van der Waals surface area contributed by atoms with Crippen molar-refractivity contribution in [2.45, 2.75) is 19.1 Å². The Balaban J connectivity index is 1.53. The number of rotatable bonds is 4. The van der Waals surface area contributed by atoms with Gasteiger partial charge < -0.3 is 4.74 Å². The fourth-order valence-electron chi connectivity index (χ4n) is 2.49. The molecule has 1 aromatic carbocycles. The van der Waals surface area contributed by atoms with Crippen LogP contribution in [0.1, 0.15) is 12.0 Å². The molecule has 0 bridgehead atoms. The van der Waals surface area contributed by atoms with Crippen LogP contribution in [0.5, 0.6) is 5.75 Å². The lowest BCUT2D eigenvalue weighted by Gasteiger charge is -2.16. The average molecular weight is 254 g/mol. The van der Waals surface area contributed by atoms with E-state index in [0.717, 1.165) is 31.8 Å². The van der Waals surface area contributed by atoms with Crippen LogP contribution in [-0.2, 0) is 6.54 Å². The van der Waals surface area contributed by atoms with Gasteiger partial charge in [0, 0.05) is 32.0 Å². The summed E-state index contributed by atoms with van der Waals surface area (Å²) >= 11 is 0. The predicted octanol–water partition coefficient (Wildman–Crippen LogP) is 2.73. The van der Waals surface area contributed by atoms with Gasteiger partial charge >= 0.3 is 0 Å². The Hall–Kier alpha value is -1.87. The summed E-state index contributed by atoms with van der Waals surface area (Å²) in [5.74, 6) is 0.918. The van der Waals surface area contributed by atoms with E-state index in [1.54, 1.807) is 12.4 Å². The molecule has 98 valence electrons. The molecule has 0 spiro atoms. The van der Waals surface area contributed by atoms with Gasteiger partial charge in [-0.15, -0.1) is 0 Å². The molecule has 2 aromatic rings. The fourth-order valence-corrected chi connectivity index (χ4v) is 2.49. The van der Waals surface area contributed by atoms with Crippen LogP contribution < -0.4 is 4.74 Å². The highest BCUT2D eigenvalue weighted by Crippen LogP contribution is 2.19. The minimum atomic E-state index is 0.297. The minimum Gasteiger partial charge on any atom is -0.489 e. The highest BCUT2D eigenvalue weighted by atomic mass is 16.5. The Morgan fingerprint density at radius 2 is 1.89 bits per heavy atom. The molecule has 3 rings (SSSR count). The summed E-state index contributed by atoms with van der Waals surface area (Å²) in [7, 11) is 0. The van der Waals surface area contributed by atoms with Crippen molar-refractivity contribution >= 4 is 0 Å². The summed E-state index contributed by atoms with van der Waals surface area (Å²) in [6.45, 7) is 3.11. The van der Waals surface area contributed by atoms with Gasteiger partial charge in [0.25, 0.3) is 0 Å². The summed E-state index contributed by atoms with van der Waals surface area (Å²) < 4.78 is 5.96. The van der Waals surface area contributed by atoms with Gasteiger partial charge in [0.2, 0.25) is 0 Å². The normalized spacial score (nSPS) is 19.5. The maximum absolute atomic E-state index is 5.96. The summed E-state index contributed by atoms with van der Waals surface area (Å²) in [4.78, 5) is 6.45. The van der Waals surface area contributed by atoms with Gasteiger partial charge in [-0.25, -0.2) is 0 Å². The Morgan fingerprint density at radius 3 is 2.68 bits per heavy atom. The van der Waals surface area contributed by atoms with Crippen LogP contribution in [0.3, 0.4) is 0 Å². The van der Waals surface area contributed by atoms with Crippen molar-refractivity contribution in [2.24, 2.45) is 0 Å². The molecule has 0 N–H and O–H groups in total. The SMILES string of the molecule is c1ccc(CN2CC[C@@H](Oc3ccncc3)C2)cc1. The Kier molecular flexibility index (Phi) is 3.75. The van der Waals surface area contributed by atoms with Crippen LogP contribution in [0.2, 0.25) is 0 Å². The number of nitrogens with zero attached hydrogens (tertiary/aromatic N) is 2. The quantitative estimate of drug-likeness (QED) is 0.839. The lowest BCUT2D eigenvalue weighted by molar-refractivity contribution is 0.198. The number of hydrogen-bond acceptors (Lipinski definition) is 3. The molecular formula is C16H18N2O. The third-order valence-corrected chi connectivity index (χ3v) is 3.43. The molecular weight excluding hydrogens is 236 g/mol. The predicted molar refractivity (Wildman–Crippen MR) is 75.0 cm³/mol. The van der Waals surface area contributed by atoms with Crippen molar-refractivity contribution in [3.05, 3.63) is 60.4 Å². The summed E-state index contributed by atoms with van der Waals surface area (Å²) in [6, 6.07) is 14.4. The first-order valence-corrected chi connectivity index (χ1v) is 6.73. The summed E-state index contributed by atoms with van der Waals surface area (Å²) in [6.07, 6.45) is 4.93. The molecule has 19 heavy (non-hydrogen) atoms. The zero-order valence-corrected chi connectivity index (χ0v) is 10.9. The van der Waals surface area contributed by atoms with Gasteiger partial charge in [-0.2, -0.15) is 0 Å². The van der Waals surface area contributed by atoms with Gasteiger partial charge in [-0.1, -0.05) is 30.3 Å². The standard InChI is InChI=1S/C16H18N2O/c1-2-4-14(5-3-1)12-18-11-8-16(13-18)19-15-6-9-17-10-7-15/h1-7,9-10,16H,8,11-13H2/t16-/m1/s1. The molecule has 0 saturated carbocycles. The van der Waals surface area contributed by atoms with Gasteiger partial charge in [-0.3, -0.25) is 9.88 Å². The largest absolute Gasteiger partial charge is 0.489 e. The van der Waals surface area contributed by atoms with Gasteiger partial charge in [0.15, 0.2) is 0 Å². The minimum absolute atomic E-state index is 0.297. The van der Waals surface area contributed by atoms with E-state index >= 15 is 0 Å². The zero-order chi connectivity index (χ0) is 12.9. The van der Waals surface area contributed by atoms with E-state index < -0.39 is 0 Å². The number of hydrogen-bond donors (Lipinski definition) is 0. The second-order valence-electron chi connectivity index (χ2n) is 4.93. The highest BCUT2D eigenvalue weighted by molar-refractivity contribution is 5.18. The maximum Gasteiger partial charge on any atom is 0.122 e. The van der Waals surface area contributed by atoms with Crippen molar-refractivity contribution < 1.29 is 4.74 Å². The van der Waals surface area contributed by atoms with Crippen molar-refractivity contribution in [1.82, 2.24) is 9.88 Å². The van der Waals surface area contributed by atoms with Crippen LogP contribution in [0.25, 0.3) is 0 Å². The Morgan fingerprint density at radius 1 is 1.11 bits per heavy atom. The molecule has 1 atom stereocenters. The van der Waals surface area contributed by atoms with E-state index in [9.17, 15) is 0 Å². The van der Waals surface area contributed by atoms with Crippen molar-refractivity contribution in [2.75, 3.05) is 13.1 Å². The Bertz CT molecular complexity index is 453. The van der Waals surface area contributed by atoms with Gasteiger partial charge in [0.05, 0.1) is 0 Å². The molecule has 0 unspecified atom stereocenters. The zero-order valence-electron chi connectivity index (χ0n) is 10.9. The number of pyridine rings is 1. The topological polar surface area (TPSA) is 25.4 Å². The molecule has 1 aliphatic heterocycles. The first-order chi connectivity index (χ1) is 9.40. The highest BCUT2D eigenvalue weighted by Gasteiger charge is 2.23. The molecule has 0 radical (unpaired) electrons. The van der Waals surface area contributed by atoms with Crippen LogP contribution in [-0.4, -0.2) is 29.1 Å². The number of aromatic nitrogens is 1. The lowest BCUT2D eigenvalue weighted by Crippen LogP contribution is -2.24. The maximum atomic E-state index is 5.96. The molecule has 1 aliphatic rings. The van der Waals surface area contributed by atoms with Crippen LogP contribution in [0, 0.1) is 0 Å². The molecule has 0 amide bonds. The molecule has 1 aromatic heterocycles. The third-order valence-electron chi connectivity index (χ3n) is 3.43.